The first-order chi connectivity index (χ1) is 9.31. The second-order valence-electron chi connectivity index (χ2n) is 5.23. The highest BCUT2D eigenvalue weighted by Crippen LogP contribution is 2.33. The van der Waals surface area contributed by atoms with E-state index in [0.29, 0.717) is 6.42 Å². The van der Waals surface area contributed by atoms with Crippen LogP contribution in [0.2, 0.25) is 0 Å². The van der Waals surface area contributed by atoms with Crippen LogP contribution in [0.4, 0.5) is 5.82 Å². The maximum absolute atomic E-state index is 12.0. The Morgan fingerprint density at radius 2 is 2.16 bits per heavy atom. The van der Waals surface area contributed by atoms with E-state index in [1.807, 2.05) is 24.3 Å². The van der Waals surface area contributed by atoms with Gasteiger partial charge in [0, 0.05) is 22.9 Å². The molecule has 0 bridgehead atoms. The number of carbonyl (C=O) groups excluding carboxylic acids is 1. The molecule has 1 aromatic heterocycles. The second-order valence-corrected chi connectivity index (χ2v) is 5.23. The van der Waals surface area contributed by atoms with Gasteiger partial charge in [-0.05, 0) is 31.1 Å². The van der Waals surface area contributed by atoms with Crippen LogP contribution in [0.5, 0.6) is 0 Å². The number of hydrogen-bond acceptors (Lipinski definition) is 3. The van der Waals surface area contributed by atoms with E-state index in [1.165, 1.54) is 0 Å². The lowest BCUT2D eigenvalue weighted by molar-refractivity contribution is -0.116. The Labute approximate surface area is 111 Å². The molecule has 1 aromatic carbocycles. The normalized spacial score (nSPS) is 21.4. The number of pyridine rings is 1. The summed E-state index contributed by atoms with van der Waals surface area (Å²) in [5.74, 6) is 1.18. The Balaban J connectivity index is 1.91. The number of fused-ring (bicyclic) bond motifs is 3. The summed E-state index contributed by atoms with van der Waals surface area (Å²) >= 11 is 0. The number of rotatable bonds is 0. The van der Waals surface area contributed by atoms with Gasteiger partial charge in [0.2, 0.25) is 0 Å². The van der Waals surface area contributed by atoms with Crippen LogP contribution < -0.4 is 5.32 Å². The van der Waals surface area contributed by atoms with E-state index in [1.54, 1.807) is 0 Å². The molecule has 1 aliphatic heterocycles. The average molecular weight is 250 g/mol. The fourth-order valence-electron chi connectivity index (χ4n) is 2.98. The van der Waals surface area contributed by atoms with Gasteiger partial charge in [-0.2, -0.15) is 0 Å². The van der Waals surface area contributed by atoms with Gasteiger partial charge in [-0.15, -0.1) is 0 Å². The third-order valence-electron chi connectivity index (χ3n) is 3.97. The smallest absolute Gasteiger partial charge is 0.160 e. The Morgan fingerprint density at radius 1 is 1.26 bits per heavy atom. The number of benzene rings is 1. The van der Waals surface area contributed by atoms with Crippen LogP contribution in [0.25, 0.3) is 17.0 Å². The zero-order valence-corrected chi connectivity index (χ0v) is 10.5. The van der Waals surface area contributed by atoms with E-state index >= 15 is 0 Å². The van der Waals surface area contributed by atoms with Gasteiger partial charge in [-0.1, -0.05) is 18.2 Å². The minimum absolute atomic E-state index is 0.155. The number of hydrogen-bond donors (Lipinski definition) is 1. The SMILES string of the molecule is O=C1CCCC2Nc3nc4ccccc4cc3C=C12. The van der Waals surface area contributed by atoms with Crippen LogP contribution in [0.15, 0.2) is 35.9 Å². The summed E-state index contributed by atoms with van der Waals surface area (Å²) in [6, 6.07) is 10.3. The van der Waals surface area contributed by atoms with Crippen molar-refractivity contribution < 1.29 is 4.79 Å². The van der Waals surface area contributed by atoms with Crippen LogP contribution in [-0.2, 0) is 4.79 Å². The summed E-state index contributed by atoms with van der Waals surface area (Å²) in [6.45, 7) is 0. The van der Waals surface area contributed by atoms with E-state index in [2.05, 4.69) is 22.4 Å². The van der Waals surface area contributed by atoms with Crippen molar-refractivity contribution in [1.29, 1.82) is 0 Å². The molecule has 4 rings (SSSR count). The lowest BCUT2D eigenvalue weighted by Gasteiger charge is -2.30. The number of ketones is 1. The highest BCUT2D eigenvalue weighted by molar-refractivity contribution is 6.04. The van der Waals surface area contributed by atoms with Crippen LogP contribution >= 0.6 is 0 Å². The van der Waals surface area contributed by atoms with Gasteiger partial charge >= 0.3 is 0 Å². The lowest BCUT2D eigenvalue weighted by atomic mass is 9.85. The quantitative estimate of drug-likeness (QED) is 0.781. The third-order valence-corrected chi connectivity index (χ3v) is 3.97. The third kappa shape index (κ3) is 1.65. The summed E-state index contributed by atoms with van der Waals surface area (Å²) in [4.78, 5) is 16.6. The number of para-hydroxylation sites is 1. The van der Waals surface area contributed by atoms with Crippen molar-refractivity contribution in [1.82, 2.24) is 4.98 Å². The molecule has 2 aliphatic rings. The molecule has 2 aromatic rings. The fraction of sp³-hybridized carbons (Fsp3) is 0.250. The van der Waals surface area contributed by atoms with Gasteiger partial charge < -0.3 is 5.32 Å². The van der Waals surface area contributed by atoms with Gasteiger partial charge in [0.25, 0.3) is 0 Å². The molecule has 1 aliphatic carbocycles. The van der Waals surface area contributed by atoms with Crippen molar-refractivity contribution in [2.24, 2.45) is 0 Å². The van der Waals surface area contributed by atoms with Gasteiger partial charge in [-0.25, -0.2) is 4.98 Å². The molecule has 1 saturated carbocycles. The minimum Gasteiger partial charge on any atom is -0.363 e. The summed E-state index contributed by atoms with van der Waals surface area (Å²) in [5.41, 5.74) is 2.95. The molecule has 1 fully saturated rings. The summed E-state index contributed by atoms with van der Waals surface area (Å²) in [6.07, 6.45) is 4.69. The van der Waals surface area contributed by atoms with Crippen molar-refractivity contribution in [3.8, 4) is 0 Å². The fourth-order valence-corrected chi connectivity index (χ4v) is 2.98. The van der Waals surface area contributed by atoms with Crippen molar-refractivity contribution in [3.63, 3.8) is 0 Å². The Morgan fingerprint density at radius 3 is 3.11 bits per heavy atom. The number of Topliss-reactive ketones (excluding diaryl/α,β-unsaturated/α-hetero) is 1. The largest absolute Gasteiger partial charge is 0.363 e. The van der Waals surface area contributed by atoms with Gasteiger partial charge in [-0.3, -0.25) is 4.79 Å². The maximum atomic E-state index is 12.0. The molecular formula is C16H14N2O. The minimum atomic E-state index is 0.155. The predicted molar refractivity (Wildman–Crippen MR) is 76.0 cm³/mol. The van der Waals surface area contributed by atoms with E-state index in [9.17, 15) is 4.79 Å². The number of carbonyl (C=O) groups is 1. The first-order valence-electron chi connectivity index (χ1n) is 6.72. The van der Waals surface area contributed by atoms with Crippen LogP contribution in [-0.4, -0.2) is 16.8 Å². The average Bonchev–Trinajstić information content (AvgIpc) is 2.44. The lowest BCUT2D eigenvalue weighted by Crippen LogP contribution is -2.33. The monoisotopic (exact) mass is 250 g/mol. The van der Waals surface area contributed by atoms with E-state index in [0.717, 1.165) is 40.7 Å². The molecule has 3 nitrogen and oxygen atoms in total. The molecule has 19 heavy (non-hydrogen) atoms. The van der Waals surface area contributed by atoms with Crippen molar-refractivity contribution in [2.75, 3.05) is 5.32 Å². The first-order valence-corrected chi connectivity index (χ1v) is 6.72. The predicted octanol–water partition coefficient (Wildman–Crippen LogP) is 3.17. The van der Waals surface area contributed by atoms with Crippen molar-refractivity contribution in [3.05, 3.63) is 41.5 Å². The standard InChI is InChI=1S/C16H14N2O/c19-15-7-3-6-14-12(15)9-11-8-10-4-1-2-5-13(10)17-16(11)18-14/h1-2,4-5,8-9,14H,3,6-7H2,(H,17,18). The first kappa shape index (κ1) is 10.7. The summed E-state index contributed by atoms with van der Waals surface area (Å²) in [7, 11) is 0. The van der Waals surface area contributed by atoms with E-state index in [4.69, 9.17) is 0 Å². The topological polar surface area (TPSA) is 42.0 Å². The van der Waals surface area contributed by atoms with Crippen LogP contribution in [0.3, 0.4) is 0 Å². The van der Waals surface area contributed by atoms with E-state index in [-0.39, 0.29) is 11.8 Å². The molecule has 2 heterocycles. The van der Waals surface area contributed by atoms with E-state index < -0.39 is 0 Å². The molecule has 1 unspecified atom stereocenters. The molecule has 0 radical (unpaired) electrons. The molecule has 94 valence electrons. The van der Waals surface area contributed by atoms with Crippen molar-refractivity contribution >= 4 is 28.6 Å². The Bertz CT molecular complexity index is 718. The number of anilines is 1. The molecular weight excluding hydrogens is 236 g/mol. The Hall–Kier alpha value is -2.16. The number of nitrogens with zero attached hydrogens (tertiary/aromatic N) is 1. The number of aromatic nitrogens is 1. The van der Waals surface area contributed by atoms with Crippen LogP contribution in [0, 0.1) is 0 Å². The second kappa shape index (κ2) is 3.92. The molecule has 0 saturated heterocycles. The zero-order valence-electron chi connectivity index (χ0n) is 10.5. The molecule has 1 N–H and O–H groups in total. The Kier molecular flexibility index (Phi) is 2.21. The molecule has 1 atom stereocenters. The molecule has 3 heteroatoms. The highest BCUT2D eigenvalue weighted by Gasteiger charge is 2.29. The molecule has 0 amide bonds. The van der Waals surface area contributed by atoms with Gasteiger partial charge in [0.15, 0.2) is 5.78 Å². The number of nitrogens with one attached hydrogen (secondary N) is 1. The van der Waals surface area contributed by atoms with Crippen LogP contribution in [0.1, 0.15) is 24.8 Å². The van der Waals surface area contributed by atoms with Crippen molar-refractivity contribution in [2.45, 2.75) is 25.3 Å². The summed E-state index contributed by atoms with van der Waals surface area (Å²) in [5, 5.41) is 4.53. The maximum Gasteiger partial charge on any atom is 0.160 e. The summed E-state index contributed by atoms with van der Waals surface area (Å²) < 4.78 is 0. The molecule has 0 spiro atoms. The highest BCUT2D eigenvalue weighted by atomic mass is 16.1. The van der Waals surface area contributed by atoms with Gasteiger partial charge in [0.1, 0.15) is 5.82 Å². The zero-order chi connectivity index (χ0) is 12.8. The van der Waals surface area contributed by atoms with Gasteiger partial charge in [0.05, 0.1) is 11.6 Å².